The Balaban J connectivity index is 0.540. The quantitative estimate of drug-likeness (QED) is 0.0591. The first-order valence-corrected chi connectivity index (χ1v) is 32.7. The second-order valence-corrected chi connectivity index (χ2v) is 27.6. The highest BCUT2D eigenvalue weighted by atomic mass is 32.1. The Bertz CT molecular complexity index is 3170. The molecule has 6 aliphatic heterocycles. The number of allylic oxidation sites excluding steroid dienone is 2. The normalized spacial score (nSPS) is 23.8. The summed E-state index contributed by atoms with van der Waals surface area (Å²) in [6.07, 6.45) is 18.1. The zero-order chi connectivity index (χ0) is 59.1. The van der Waals surface area contributed by atoms with E-state index in [2.05, 4.69) is 70.4 Å². The molecule has 3 aromatic heterocycles. The number of nitrogens with zero attached hydrogens (tertiary/aromatic N) is 10. The number of aliphatic hydroxyl groups excluding tert-OH is 1. The van der Waals surface area contributed by atoms with Crippen LogP contribution < -0.4 is 21.4 Å². The third-order valence-electron chi connectivity index (χ3n) is 20.8. The molecule has 6 fully saturated rings. The van der Waals surface area contributed by atoms with Crippen LogP contribution in [0.2, 0.25) is 0 Å². The summed E-state index contributed by atoms with van der Waals surface area (Å²) in [5, 5.41) is 35.7. The van der Waals surface area contributed by atoms with Gasteiger partial charge < -0.3 is 50.3 Å². The van der Waals surface area contributed by atoms with Gasteiger partial charge in [0.05, 0.1) is 46.2 Å². The van der Waals surface area contributed by atoms with Crippen molar-refractivity contribution in [1.29, 1.82) is 0 Å². The molecule has 2 amide bonds. The Hall–Kier alpha value is -6.25. The minimum atomic E-state index is -0.789. The summed E-state index contributed by atoms with van der Waals surface area (Å²) in [6.45, 7) is 21.8. The number of phenols is 1. The fourth-order valence-electron chi connectivity index (χ4n) is 15.4. The maximum absolute atomic E-state index is 14.4. The van der Waals surface area contributed by atoms with Crippen molar-refractivity contribution >= 4 is 40.2 Å². The number of nitrogens with two attached hydrogens (primary N) is 1. The van der Waals surface area contributed by atoms with E-state index in [4.69, 9.17) is 15.4 Å². The molecule has 0 bridgehead atoms. The smallest absolute Gasteiger partial charge is 0.243 e. The molecule has 18 nitrogen and oxygen atoms in total. The lowest BCUT2D eigenvalue weighted by atomic mass is 9.59. The van der Waals surface area contributed by atoms with Crippen LogP contribution in [0.1, 0.15) is 144 Å². The molecule has 6 N–H and O–H groups in total. The van der Waals surface area contributed by atoms with Crippen LogP contribution in [0.25, 0.3) is 21.7 Å². The Labute approximate surface area is 506 Å². The number of rotatable bonds is 17. The number of thiazole rings is 1. The van der Waals surface area contributed by atoms with Crippen LogP contribution in [0.15, 0.2) is 88.9 Å². The van der Waals surface area contributed by atoms with E-state index in [-0.39, 0.29) is 42.5 Å². The lowest BCUT2D eigenvalue weighted by molar-refractivity contribution is -0.141. The summed E-state index contributed by atoms with van der Waals surface area (Å²) in [4.78, 5) is 46.0. The van der Waals surface area contributed by atoms with Gasteiger partial charge in [-0.1, -0.05) is 55.4 Å². The molecule has 0 radical (unpaired) electrons. The topological polar surface area (TPSA) is 201 Å². The second kappa shape index (κ2) is 25.2. The van der Waals surface area contributed by atoms with E-state index in [0.29, 0.717) is 34.9 Å². The van der Waals surface area contributed by atoms with Crippen LogP contribution in [-0.2, 0) is 9.59 Å². The van der Waals surface area contributed by atoms with Gasteiger partial charge >= 0.3 is 0 Å². The number of para-hydroxylation sites is 1. The van der Waals surface area contributed by atoms with Gasteiger partial charge in [-0.3, -0.25) is 24.7 Å². The minimum absolute atomic E-state index is 0.0997. The molecular weight excluding hydrogens is 1090 g/mol. The minimum Gasteiger partial charge on any atom is -0.507 e. The molecular formula is C66H91N13O5S. The van der Waals surface area contributed by atoms with E-state index < -0.39 is 18.1 Å². The SMILES string of the molecule is Cc1ncsc1-c1ccc([C@H](C)NC(=O)[C@@H]2C[C@@H](O)CN2C(=O)[C@@H](c2cc(N3CCC(CN4CCC(CN5CCC6(CC5)CC(N5CCC(C(C)n7cc(C8=C(N)N(C)NC(c9ccccc9O)=C8)cn7)CC5)C6)CC4)CC3)no2)C(C)C)cc1. The maximum atomic E-state index is 14.4. The van der Waals surface area contributed by atoms with E-state index in [1.807, 2.05) is 88.9 Å². The average Bonchev–Trinajstić information content (AvgIpc) is 3.54. The summed E-state index contributed by atoms with van der Waals surface area (Å²) in [6, 6.07) is 17.4. The van der Waals surface area contributed by atoms with Crippen molar-refractivity contribution in [3.05, 3.63) is 113 Å². The van der Waals surface area contributed by atoms with Crippen molar-refractivity contribution in [2.24, 2.45) is 34.8 Å². The van der Waals surface area contributed by atoms with Crippen molar-refractivity contribution in [3.8, 4) is 16.2 Å². The van der Waals surface area contributed by atoms with E-state index in [1.54, 1.807) is 27.3 Å². The number of hydrazine groups is 1. The summed E-state index contributed by atoms with van der Waals surface area (Å²) >= 11 is 1.61. The Morgan fingerprint density at radius 2 is 1.56 bits per heavy atom. The van der Waals surface area contributed by atoms with E-state index in [9.17, 15) is 19.8 Å². The Morgan fingerprint density at radius 1 is 0.882 bits per heavy atom. The number of phenolic OH excluding ortho intramolecular Hbond substituents is 1. The molecule has 12 rings (SSSR count). The standard InChI is InChI=1S/C66H91N13O5S/c1-42(2)61(65(83)78-40-53(80)31-57(78)64(82)70-43(3)48-11-13-50(14-12-48)62-44(4)68-41-85-62)59-33-60(72-84-59)77-25-17-47(18-26-77)37-74-23-15-46(16-24-74)38-75-29-21-66(22-30-75)34-52(35-66)76-27-19-49(20-28-76)45(5)79-39-51(36-69-79)55-32-56(71-73(6)63(55)67)54-9-7-8-10-58(54)81/h7-14,32-33,36,39,41-43,45-47,49,52-53,57,61,71,80-81H,15-31,34-35,37-38,40,67H2,1-6H3,(H,70,82)/t43-,45?,53+,57-,61+/m0/s1. The number of hydrogen-bond acceptors (Lipinski definition) is 16. The highest BCUT2D eigenvalue weighted by Gasteiger charge is 2.49. The Morgan fingerprint density at radius 3 is 2.24 bits per heavy atom. The number of aryl methyl sites for hydroxylation is 1. The molecule has 19 heteroatoms. The summed E-state index contributed by atoms with van der Waals surface area (Å²) in [5.41, 5.74) is 18.7. The van der Waals surface area contributed by atoms with Gasteiger partial charge in [0, 0.05) is 81.2 Å². The van der Waals surface area contributed by atoms with Gasteiger partial charge in [0.1, 0.15) is 23.5 Å². The molecule has 5 atom stereocenters. The molecule has 1 aliphatic carbocycles. The fraction of sp³-hybridized carbons (Fsp3) is 0.591. The van der Waals surface area contributed by atoms with Gasteiger partial charge in [0.15, 0.2) is 11.6 Å². The van der Waals surface area contributed by atoms with E-state index >= 15 is 0 Å². The number of piperidine rings is 4. The van der Waals surface area contributed by atoms with E-state index in [0.717, 1.165) is 94.3 Å². The highest BCUT2D eigenvalue weighted by Crippen LogP contribution is 2.52. The van der Waals surface area contributed by atoms with E-state index in [1.165, 1.54) is 97.2 Å². The third kappa shape index (κ3) is 12.8. The largest absolute Gasteiger partial charge is 0.507 e. The fourth-order valence-corrected chi connectivity index (χ4v) is 16.2. The van der Waals surface area contributed by atoms with Crippen molar-refractivity contribution in [2.45, 2.75) is 141 Å². The first kappa shape index (κ1) is 59.1. The van der Waals surface area contributed by atoms with Crippen LogP contribution in [0.5, 0.6) is 5.75 Å². The molecule has 5 saturated heterocycles. The monoisotopic (exact) mass is 1180 g/mol. The van der Waals surface area contributed by atoms with Crippen LogP contribution in [-0.4, -0.2) is 164 Å². The van der Waals surface area contributed by atoms with Gasteiger partial charge in [0.2, 0.25) is 11.8 Å². The molecule has 9 heterocycles. The number of benzene rings is 2. The molecule has 7 aliphatic rings. The number of anilines is 1. The summed E-state index contributed by atoms with van der Waals surface area (Å²) in [5.74, 6) is 2.91. The zero-order valence-corrected chi connectivity index (χ0v) is 51.7. The first-order valence-electron chi connectivity index (χ1n) is 31.8. The van der Waals surface area contributed by atoms with Gasteiger partial charge in [-0.2, -0.15) is 5.10 Å². The van der Waals surface area contributed by atoms with Crippen LogP contribution in [0.4, 0.5) is 5.82 Å². The van der Waals surface area contributed by atoms with Crippen LogP contribution in [0, 0.1) is 36.0 Å². The molecule has 85 heavy (non-hydrogen) atoms. The first-order chi connectivity index (χ1) is 41.0. The van der Waals surface area contributed by atoms with Crippen molar-refractivity contribution in [2.75, 3.05) is 83.9 Å². The summed E-state index contributed by atoms with van der Waals surface area (Å²) < 4.78 is 8.12. The average molecular weight is 1180 g/mol. The number of carbonyl (C=O) groups excluding carboxylic acids is 2. The van der Waals surface area contributed by atoms with Gasteiger partial charge in [-0.15, -0.1) is 11.3 Å². The van der Waals surface area contributed by atoms with Gasteiger partial charge in [-0.05, 0) is 183 Å². The number of likely N-dealkylation sites (tertiary alicyclic amines) is 4. The van der Waals surface area contributed by atoms with Crippen molar-refractivity contribution in [3.63, 3.8) is 0 Å². The third-order valence-corrected chi connectivity index (χ3v) is 21.8. The Kier molecular flexibility index (Phi) is 17.5. The summed E-state index contributed by atoms with van der Waals surface area (Å²) in [7, 11) is 1.89. The molecule has 2 aromatic carbocycles. The van der Waals surface area contributed by atoms with Crippen molar-refractivity contribution < 1.29 is 24.3 Å². The maximum Gasteiger partial charge on any atom is 0.243 e. The lowest BCUT2D eigenvalue weighted by Gasteiger charge is -2.56. The van der Waals surface area contributed by atoms with Gasteiger partial charge in [-0.25, -0.2) is 4.98 Å². The van der Waals surface area contributed by atoms with Crippen molar-refractivity contribution in [1.82, 2.24) is 55.3 Å². The number of aromatic hydroxyl groups is 1. The van der Waals surface area contributed by atoms with Gasteiger partial charge in [0.25, 0.3) is 0 Å². The number of nitrogens with one attached hydrogen (secondary N) is 2. The number of carbonyl (C=O) groups is 2. The molecule has 1 unspecified atom stereocenters. The molecule has 1 saturated carbocycles. The predicted molar refractivity (Wildman–Crippen MR) is 334 cm³/mol. The number of amides is 2. The second-order valence-electron chi connectivity index (χ2n) is 26.7. The predicted octanol–water partition coefficient (Wildman–Crippen LogP) is 8.85. The highest BCUT2D eigenvalue weighted by molar-refractivity contribution is 7.13. The van der Waals surface area contributed by atoms with Crippen LogP contribution >= 0.6 is 11.3 Å². The number of aliphatic hydroxyl groups is 1. The number of hydrogen-bond donors (Lipinski definition) is 5. The lowest BCUT2D eigenvalue weighted by Crippen LogP contribution is -2.56. The molecule has 5 aromatic rings. The number of β-amino-alcohol motifs (C(OH)–C–C–N with tert-alkyl or cyclic N) is 1. The zero-order valence-electron chi connectivity index (χ0n) is 50.9. The molecule has 1 spiro atoms. The molecule has 456 valence electrons. The van der Waals surface area contributed by atoms with Crippen LogP contribution in [0.3, 0.4) is 0 Å². The number of aromatic nitrogens is 4.